The third-order valence-electron chi connectivity index (χ3n) is 10.2. The number of carbonyl (C=O) groups excluding carboxylic acids is 2. The molecule has 0 spiro atoms. The molecule has 2 aromatic carbocycles. The smallest absolute Gasteiger partial charge is 0.325 e. The first kappa shape index (κ1) is 45.4. The molecule has 2 fully saturated rings. The van der Waals surface area contributed by atoms with Gasteiger partial charge in [0.25, 0.3) is 11.8 Å². The number of rotatable bonds is 12. The van der Waals surface area contributed by atoms with Crippen LogP contribution in [0, 0.1) is 23.7 Å². The van der Waals surface area contributed by atoms with Gasteiger partial charge in [0.05, 0.1) is 19.5 Å². The first-order valence-corrected chi connectivity index (χ1v) is 23.2. The number of aliphatic carboxylic acids is 2. The fraction of sp³-hybridized carbons (Fsp3) is 0.333. The number of piperidine rings is 2. The molecule has 0 aliphatic carbocycles. The lowest BCUT2D eigenvalue weighted by Gasteiger charge is -2.38. The van der Waals surface area contributed by atoms with Crippen molar-refractivity contribution in [2.24, 2.45) is 0 Å². The Balaban J connectivity index is 0.000000228. The van der Waals surface area contributed by atoms with Gasteiger partial charge >= 0.3 is 11.9 Å². The van der Waals surface area contributed by atoms with Crippen molar-refractivity contribution in [3.8, 4) is 35.2 Å². The summed E-state index contributed by atoms with van der Waals surface area (Å²) in [4.78, 5) is 53.2. The van der Waals surface area contributed by atoms with Crippen molar-refractivity contribution in [1.29, 1.82) is 0 Å². The normalized spacial score (nSPS) is 15.7. The van der Waals surface area contributed by atoms with Crippen LogP contribution in [0.25, 0.3) is 0 Å². The van der Waals surface area contributed by atoms with Crippen LogP contribution in [-0.4, -0.2) is 109 Å². The zero-order valence-electron chi connectivity index (χ0n) is 32.7. The fourth-order valence-electron chi connectivity index (χ4n) is 6.71. The second-order valence-corrected chi connectivity index (χ2v) is 19.9. The zero-order valence-corrected chi connectivity index (χ0v) is 35.9. The van der Waals surface area contributed by atoms with E-state index in [9.17, 15) is 46.2 Å². The number of thiophene rings is 2. The molecule has 6 rings (SSSR count). The Hall–Kier alpha value is -5.66. The number of benzene rings is 2. The molecular weight excluding hydrogens is 853 g/mol. The number of hydrogen-bond donors (Lipinski definition) is 2. The standard InChI is InChI=1S/2C21H21NO6S2/c2*1-2-3-14-28-16-6-8-17(9-7-16)30(26,27)21(20(24)25)10-12-22(13-11-21)19(23)18-5-4-15-29-18/h2*4-9,15H,10-14H2,1H3,(H,24,25). The highest BCUT2D eigenvalue weighted by Crippen LogP contribution is 2.38. The minimum absolute atomic E-state index is 0.0547. The average molecular weight is 895 g/mol. The van der Waals surface area contributed by atoms with Crippen LogP contribution in [0.5, 0.6) is 11.5 Å². The van der Waals surface area contributed by atoms with Gasteiger partial charge in [0, 0.05) is 26.2 Å². The van der Waals surface area contributed by atoms with E-state index in [-0.39, 0.29) is 86.7 Å². The molecule has 60 heavy (non-hydrogen) atoms. The summed E-state index contributed by atoms with van der Waals surface area (Å²) in [6.45, 7) is 3.94. The highest BCUT2D eigenvalue weighted by molar-refractivity contribution is 7.94. The van der Waals surface area contributed by atoms with Crippen LogP contribution < -0.4 is 9.47 Å². The maximum absolute atomic E-state index is 13.3. The quantitative estimate of drug-likeness (QED) is 0.173. The summed E-state index contributed by atoms with van der Waals surface area (Å²) in [5.74, 6) is 8.52. The maximum atomic E-state index is 13.3. The summed E-state index contributed by atoms with van der Waals surface area (Å²) in [5.41, 5.74) is 0. The number of likely N-dealkylation sites (tertiary alicyclic amines) is 2. The SMILES string of the molecule is CC#CCOc1ccc(S(=O)(=O)C2(C(=O)O)CCN(C(=O)c3cccs3)CC2)cc1.CC#CCOc1ccc(S(=O)(=O)C2(C(=O)O)CCN(C(=O)c3cccs3)CC2)cc1. The first-order valence-electron chi connectivity index (χ1n) is 18.5. The van der Waals surface area contributed by atoms with Gasteiger partial charge in [-0.3, -0.25) is 19.2 Å². The van der Waals surface area contributed by atoms with Gasteiger partial charge in [0.1, 0.15) is 24.7 Å². The van der Waals surface area contributed by atoms with E-state index < -0.39 is 41.1 Å². The molecule has 2 N–H and O–H groups in total. The van der Waals surface area contributed by atoms with Gasteiger partial charge < -0.3 is 29.5 Å². The summed E-state index contributed by atoms with van der Waals surface area (Å²) in [7, 11) is -8.37. The predicted octanol–water partition coefficient (Wildman–Crippen LogP) is 5.37. The predicted molar refractivity (Wildman–Crippen MR) is 225 cm³/mol. The molecule has 0 atom stereocenters. The molecule has 2 aliphatic heterocycles. The number of amides is 2. The van der Waals surface area contributed by atoms with E-state index in [0.29, 0.717) is 21.3 Å². The highest BCUT2D eigenvalue weighted by atomic mass is 32.2. The van der Waals surface area contributed by atoms with Gasteiger partial charge in [-0.15, -0.1) is 34.5 Å². The van der Waals surface area contributed by atoms with E-state index >= 15 is 0 Å². The van der Waals surface area contributed by atoms with Crippen LogP contribution in [0.3, 0.4) is 0 Å². The van der Waals surface area contributed by atoms with E-state index in [1.54, 1.807) is 48.9 Å². The number of ether oxygens (including phenoxy) is 2. The van der Waals surface area contributed by atoms with Crippen LogP contribution in [0.4, 0.5) is 0 Å². The van der Waals surface area contributed by atoms with Crippen molar-refractivity contribution in [1.82, 2.24) is 9.80 Å². The van der Waals surface area contributed by atoms with Crippen LogP contribution in [0.1, 0.15) is 58.9 Å². The lowest BCUT2D eigenvalue weighted by Crippen LogP contribution is -2.55. The summed E-state index contributed by atoms with van der Waals surface area (Å²) in [5, 5.41) is 23.3. The second-order valence-electron chi connectivity index (χ2n) is 13.5. The summed E-state index contributed by atoms with van der Waals surface area (Å²) < 4.78 is 59.9. The molecule has 2 amide bonds. The molecule has 14 nitrogen and oxygen atoms in total. The topological polar surface area (TPSA) is 202 Å². The van der Waals surface area contributed by atoms with Crippen molar-refractivity contribution in [2.75, 3.05) is 39.4 Å². The van der Waals surface area contributed by atoms with Crippen molar-refractivity contribution in [3.05, 3.63) is 93.3 Å². The number of carboxylic acids is 2. The van der Waals surface area contributed by atoms with Crippen molar-refractivity contribution in [2.45, 2.75) is 58.8 Å². The van der Waals surface area contributed by atoms with E-state index in [2.05, 4.69) is 23.7 Å². The summed E-state index contributed by atoms with van der Waals surface area (Å²) in [6, 6.07) is 18.2. The molecule has 18 heteroatoms. The molecule has 316 valence electrons. The van der Waals surface area contributed by atoms with E-state index in [1.807, 2.05) is 0 Å². The van der Waals surface area contributed by atoms with Gasteiger partial charge in [-0.25, -0.2) is 16.8 Å². The Labute approximate surface area is 356 Å². The molecule has 4 heterocycles. The number of nitrogens with zero attached hydrogens (tertiary/aromatic N) is 2. The Kier molecular flexibility index (Phi) is 14.8. The summed E-state index contributed by atoms with van der Waals surface area (Å²) in [6.07, 6.45) is -0.698. The number of carboxylic acid groups (broad SMARTS) is 2. The number of carbonyl (C=O) groups is 4. The highest BCUT2D eigenvalue weighted by Gasteiger charge is 2.55. The molecule has 0 unspecified atom stereocenters. The van der Waals surface area contributed by atoms with Crippen LogP contribution in [0.2, 0.25) is 0 Å². The van der Waals surface area contributed by atoms with Crippen LogP contribution in [-0.2, 0) is 29.3 Å². The van der Waals surface area contributed by atoms with Gasteiger partial charge in [0.15, 0.2) is 29.2 Å². The van der Waals surface area contributed by atoms with E-state index in [4.69, 9.17) is 9.47 Å². The van der Waals surface area contributed by atoms with E-state index in [0.717, 1.165) is 0 Å². The second kappa shape index (κ2) is 19.6. The molecule has 2 saturated heterocycles. The van der Waals surface area contributed by atoms with Crippen LogP contribution >= 0.6 is 22.7 Å². The fourth-order valence-corrected chi connectivity index (χ4v) is 11.9. The molecule has 0 saturated carbocycles. The third-order valence-corrected chi connectivity index (χ3v) is 17.0. The number of hydrogen-bond acceptors (Lipinski definition) is 12. The monoisotopic (exact) mass is 894 g/mol. The minimum atomic E-state index is -4.19. The van der Waals surface area contributed by atoms with Crippen molar-refractivity contribution in [3.63, 3.8) is 0 Å². The lowest BCUT2D eigenvalue weighted by atomic mass is 9.95. The Bertz CT molecular complexity index is 2320. The Morgan fingerprint density at radius 2 is 0.933 bits per heavy atom. The van der Waals surface area contributed by atoms with Gasteiger partial charge in [-0.2, -0.15) is 0 Å². The average Bonchev–Trinajstić information content (AvgIpc) is 4.00. The van der Waals surface area contributed by atoms with Gasteiger partial charge in [-0.05, 0) is 111 Å². The third kappa shape index (κ3) is 9.53. The molecule has 4 aromatic rings. The van der Waals surface area contributed by atoms with Crippen molar-refractivity contribution >= 4 is 66.1 Å². The van der Waals surface area contributed by atoms with E-state index in [1.165, 1.54) is 81.0 Å². The number of sulfone groups is 2. The lowest BCUT2D eigenvalue weighted by molar-refractivity contribution is -0.142. The van der Waals surface area contributed by atoms with Gasteiger partial charge in [-0.1, -0.05) is 24.0 Å². The Morgan fingerprint density at radius 1 is 0.600 bits per heavy atom. The molecule has 2 aliphatic rings. The summed E-state index contributed by atoms with van der Waals surface area (Å²) >= 11 is 2.59. The first-order chi connectivity index (χ1) is 28.6. The molecule has 0 bridgehead atoms. The van der Waals surface area contributed by atoms with Crippen LogP contribution in [0.15, 0.2) is 93.3 Å². The van der Waals surface area contributed by atoms with Gasteiger partial charge in [0.2, 0.25) is 0 Å². The maximum Gasteiger partial charge on any atom is 0.325 e. The Morgan fingerprint density at radius 3 is 1.20 bits per heavy atom. The largest absolute Gasteiger partial charge is 0.481 e. The molecule has 2 aromatic heterocycles. The molecular formula is C42H42N2O12S4. The zero-order chi connectivity index (χ0) is 43.6. The molecule has 0 radical (unpaired) electrons. The minimum Gasteiger partial charge on any atom is -0.481 e. The van der Waals surface area contributed by atoms with Crippen molar-refractivity contribution < 1.29 is 55.7 Å².